The molecule has 6 heteroatoms. The summed E-state index contributed by atoms with van der Waals surface area (Å²) in [5.41, 5.74) is -0.115. The first kappa shape index (κ1) is 28.6. The van der Waals surface area contributed by atoms with Crippen LogP contribution in [0.2, 0.25) is 0 Å². The highest BCUT2D eigenvalue weighted by atomic mass is 19.2. The van der Waals surface area contributed by atoms with E-state index >= 15 is 17.6 Å². The van der Waals surface area contributed by atoms with Crippen LogP contribution in [0.1, 0.15) is 88.2 Å². The van der Waals surface area contributed by atoms with Crippen molar-refractivity contribution in [2.45, 2.75) is 89.3 Å². The smallest absolute Gasteiger partial charge is 0.167 e. The molecule has 2 nitrogen and oxygen atoms in total. The minimum atomic E-state index is -1.16. The van der Waals surface area contributed by atoms with E-state index in [2.05, 4.69) is 12.2 Å². The van der Waals surface area contributed by atoms with Gasteiger partial charge in [-0.2, -0.15) is 0 Å². The van der Waals surface area contributed by atoms with E-state index in [1.165, 1.54) is 24.3 Å². The van der Waals surface area contributed by atoms with E-state index in [-0.39, 0.29) is 46.3 Å². The van der Waals surface area contributed by atoms with Crippen LogP contribution in [0.4, 0.5) is 17.6 Å². The first-order valence-corrected chi connectivity index (χ1v) is 13.9. The molecule has 4 atom stereocenters. The monoisotopic (exact) mass is 530 g/mol. The van der Waals surface area contributed by atoms with Gasteiger partial charge in [0, 0.05) is 23.0 Å². The fourth-order valence-electron chi connectivity index (χ4n) is 5.63. The molecule has 2 aromatic rings. The Hall–Kier alpha value is -2.44. The van der Waals surface area contributed by atoms with Crippen molar-refractivity contribution in [3.63, 3.8) is 0 Å². The normalized spacial score (nSPS) is 24.5. The molecule has 0 aromatic heterocycles. The third-order valence-electron chi connectivity index (χ3n) is 7.92. The summed E-state index contributed by atoms with van der Waals surface area (Å²) in [5.74, 6) is -4.89. The highest BCUT2D eigenvalue weighted by molar-refractivity contribution is 5.66. The van der Waals surface area contributed by atoms with Gasteiger partial charge in [-0.3, -0.25) is 0 Å². The fraction of sp³-hybridized carbons (Fsp3) is 0.500. The number of rotatable bonds is 9. The van der Waals surface area contributed by atoms with Crippen LogP contribution >= 0.6 is 0 Å². The molecule has 2 heterocycles. The van der Waals surface area contributed by atoms with Crippen LogP contribution in [0, 0.1) is 23.3 Å². The van der Waals surface area contributed by atoms with Gasteiger partial charge >= 0.3 is 0 Å². The molecular formula is C32H38F4O2. The van der Waals surface area contributed by atoms with E-state index in [0.717, 1.165) is 38.5 Å². The number of hydrogen-bond acceptors (Lipinski definition) is 2. The Balaban J connectivity index is 1.45. The zero-order valence-corrected chi connectivity index (χ0v) is 22.3. The lowest BCUT2D eigenvalue weighted by Crippen LogP contribution is -2.25. The van der Waals surface area contributed by atoms with Crippen LogP contribution in [0.25, 0.3) is 11.1 Å². The van der Waals surface area contributed by atoms with Gasteiger partial charge in [-0.1, -0.05) is 48.6 Å². The van der Waals surface area contributed by atoms with Gasteiger partial charge in [0.25, 0.3) is 0 Å². The van der Waals surface area contributed by atoms with Gasteiger partial charge < -0.3 is 9.47 Å². The number of allylic oxidation sites excluding steroid dienone is 4. The lowest BCUT2D eigenvalue weighted by atomic mass is 9.87. The Morgan fingerprint density at radius 3 is 1.39 bits per heavy atom. The van der Waals surface area contributed by atoms with Crippen LogP contribution in [0.3, 0.4) is 0 Å². The molecule has 0 aliphatic carbocycles. The predicted octanol–water partition coefficient (Wildman–Crippen LogP) is 9.15. The molecule has 206 valence electrons. The van der Waals surface area contributed by atoms with Crippen molar-refractivity contribution in [1.82, 2.24) is 0 Å². The van der Waals surface area contributed by atoms with E-state index in [1.54, 1.807) is 0 Å². The maximum absolute atomic E-state index is 15.2. The highest BCUT2D eigenvalue weighted by Crippen LogP contribution is 2.38. The van der Waals surface area contributed by atoms with E-state index in [4.69, 9.17) is 9.47 Å². The van der Waals surface area contributed by atoms with Crippen LogP contribution in [-0.4, -0.2) is 25.4 Å². The molecule has 4 rings (SSSR count). The van der Waals surface area contributed by atoms with Crippen molar-refractivity contribution < 1.29 is 27.0 Å². The van der Waals surface area contributed by atoms with Gasteiger partial charge in [0.2, 0.25) is 0 Å². The number of halogens is 4. The van der Waals surface area contributed by atoms with Gasteiger partial charge in [-0.15, -0.1) is 0 Å². The Morgan fingerprint density at radius 1 is 0.632 bits per heavy atom. The summed E-state index contributed by atoms with van der Waals surface area (Å²) in [6.45, 7) is 4.57. The summed E-state index contributed by atoms with van der Waals surface area (Å²) in [6.07, 6.45) is 15.0. The molecule has 2 aliphatic heterocycles. The first-order chi connectivity index (χ1) is 18.4. The molecule has 0 saturated carbocycles. The fourth-order valence-corrected chi connectivity index (χ4v) is 5.63. The van der Waals surface area contributed by atoms with E-state index in [9.17, 15) is 0 Å². The standard InChI is InChI=1S/C32H38F4O2/c1-3-5-7-9-23-13-11-21(19-37-23)25-15-17-27(31(35)29(25)33)28-18-16-26(30(34)32(28)36)22-12-14-24(38-20-22)10-8-6-4-2/h3-6,15-18,21-24H,7-14,19-20H2,1-2H3/b5-3+,6-4+. The second kappa shape index (κ2) is 13.6. The van der Waals surface area contributed by atoms with Crippen LogP contribution in [-0.2, 0) is 9.47 Å². The third kappa shape index (κ3) is 6.58. The quantitative estimate of drug-likeness (QED) is 0.238. The van der Waals surface area contributed by atoms with Gasteiger partial charge in [0.05, 0.1) is 25.4 Å². The minimum absolute atomic E-state index is 0.115. The Labute approximate surface area is 223 Å². The molecule has 2 aliphatic rings. The summed E-state index contributed by atoms with van der Waals surface area (Å²) < 4.78 is 72.5. The predicted molar refractivity (Wildman–Crippen MR) is 143 cm³/mol. The first-order valence-electron chi connectivity index (χ1n) is 13.9. The van der Waals surface area contributed by atoms with Crippen molar-refractivity contribution >= 4 is 0 Å². The summed E-state index contributed by atoms with van der Waals surface area (Å²) in [7, 11) is 0. The van der Waals surface area contributed by atoms with E-state index in [0.29, 0.717) is 26.1 Å². The minimum Gasteiger partial charge on any atom is -0.378 e. The van der Waals surface area contributed by atoms with Crippen LogP contribution in [0.5, 0.6) is 0 Å². The van der Waals surface area contributed by atoms with Crippen LogP contribution in [0.15, 0.2) is 48.6 Å². The maximum atomic E-state index is 15.2. The molecule has 4 unspecified atom stereocenters. The molecule has 2 aromatic carbocycles. The SMILES string of the molecule is C/C=C/CCC1CCC(c2ccc(-c3ccc(C4CCC(CC/C=C/C)OC4)c(F)c3F)c(F)c2F)CO1. The molecule has 0 bridgehead atoms. The average Bonchev–Trinajstić information content (AvgIpc) is 2.93. The van der Waals surface area contributed by atoms with Crippen molar-refractivity contribution in [1.29, 1.82) is 0 Å². The molecule has 0 spiro atoms. The largest absolute Gasteiger partial charge is 0.378 e. The summed E-state index contributed by atoms with van der Waals surface area (Å²) in [5, 5.41) is 0. The molecule has 38 heavy (non-hydrogen) atoms. The molecule has 2 fully saturated rings. The molecule has 0 amide bonds. The van der Waals surface area contributed by atoms with Crippen molar-refractivity contribution in [3.8, 4) is 11.1 Å². The van der Waals surface area contributed by atoms with Crippen molar-refractivity contribution in [2.75, 3.05) is 13.2 Å². The van der Waals surface area contributed by atoms with Crippen LogP contribution < -0.4 is 0 Å². The molecule has 2 saturated heterocycles. The zero-order chi connectivity index (χ0) is 27.1. The molecular weight excluding hydrogens is 492 g/mol. The third-order valence-corrected chi connectivity index (χ3v) is 7.92. The summed E-state index contributed by atoms with van der Waals surface area (Å²) in [4.78, 5) is 0. The van der Waals surface area contributed by atoms with E-state index < -0.39 is 23.3 Å². The van der Waals surface area contributed by atoms with Gasteiger partial charge in [0.15, 0.2) is 23.3 Å². The van der Waals surface area contributed by atoms with Crippen molar-refractivity contribution in [3.05, 3.63) is 83.0 Å². The topological polar surface area (TPSA) is 18.5 Å². The van der Waals surface area contributed by atoms with Gasteiger partial charge in [-0.05, 0) is 76.3 Å². The maximum Gasteiger partial charge on any atom is 0.167 e. The van der Waals surface area contributed by atoms with E-state index in [1.807, 2.05) is 26.0 Å². The van der Waals surface area contributed by atoms with Gasteiger partial charge in [0.1, 0.15) is 0 Å². The average molecular weight is 531 g/mol. The zero-order valence-electron chi connectivity index (χ0n) is 22.3. The second-order valence-electron chi connectivity index (χ2n) is 10.4. The van der Waals surface area contributed by atoms with Gasteiger partial charge in [-0.25, -0.2) is 17.6 Å². The highest BCUT2D eigenvalue weighted by Gasteiger charge is 2.30. The number of hydrogen-bond donors (Lipinski definition) is 0. The Kier molecular flexibility index (Phi) is 10.2. The molecule has 0 N–H and O–H groups in total. The summed E-state index contributed by atoms with van der Waals surface area (Å²) >= 11 is 0. The lowest BCUT2D eigenvalue weighted by molar-refractivity contribution is -0.00100. The second-order valence-corrected chi connectivity index (χ2v) is 10.4. The van der Waals surface area contributed by atoms with Crippen molar-refractivity contribution in [2.24, 2.45) is 0 Å². The Bertz CT molecular complexity index is 1040. The molecule has 0 radical (unpaired) electrons. The number of ether oxygens (including phenoxy) is 2. The Morgan fingerprint density at radius 2 is 1.05 bits per heavy atom. The summed E-state index contributed by atoms with van der Waals surface area (Å²) in [6, 6.07) is 5.66. The number of benzene rings is 2. The lowest BCUT2D eigenvalue weighted by Gasteiger charge is -2.30.